The van der Waals surface area contributed by atoms with Crippen LogP contribution in [-0.4, -0.2) is 5.91 Å². The van der Waals surface area contributed by atoms with Gasteiger partial charge in [-0.15, -0.1) is 0 Å². The van der Waals surface area contributed by atoms with Crippen molar-refractivity contribution in [3.63, 3.8) is 0 Å². The smallest absolute Gasteiger partial charge is 0.326 e. The molecular formula is C15H19ClF3NO. The van der Waals surface area contributed by atoms with Crippen molar-refractivity contribution in [1.29, 1.82) is 0 Å². The Bertz CT molecular complexity index is 488. The minimum absolute atomic E-state index is 0.117. The third kappa shape index (κ3) is 5.23. The quantitative estimate of drug-likeness (QED) is 0.735. The molecule has 0 radical (unpaired) electrons. The van der Waals surface area contributed by atoms with Crippen molar-refractivity contribution in [3.05, 3.63) is 28.8 Å². The molecule has 0 aliphatic carbocycles. The van der Waals surface area contributed by atoms with E-state index in [9.17, 15) is 18.0 Å². The fourth-order valence-corrected chi connectivity index (χ4v) is 2.26. The maximum atomic E-state index is 12.8. The number of unbranched alkanes of at least 4 members (excludes halogenated alkanes) is 1. The first-order chi connectivity index (χ1) is 9.79. The first-order valence-electron chi connectivity index (χ1n) is 6.97. The first-order valence-corrected chi connectivity index (χ1v) is 7.35. The molecule has 6 heteroatoms. The van der Waals surface area contributed by atoms with E-state index in [1.54, 1.807) is 0 Å². The van der Waals surface area contributed by atoms with Gasteiger partial charge in [0.15, 0.2) is 0 Å². The van der Waals surface area contributed by atoms with E-state index in [1.165, 1.54) is 6.07 Å². The standard InChI is InChI=1S/C15H19ClF3NO/c1-3-5-6-10(4-2)14(21)20-11-7-8-13(16)12(9-11)15(17,18)19/h7-10H,3-6H2,1-2H3,(H,20,21)/t10-/m1/s1. The zero-order valence-corrected chi connectivity index (χ0v) is 12.8. The molecule has 0 bridgehead atoms. The van der Waals surface area contributed by atoms with Crippen LogP contribution in [0.3, 0.4) is 0 Å². The van der Waals surface area contributed by atoms with Gasteiger partial charge in [-0.3, -0.25) is 4.79 Å². The first kappa shape index (κ1) is 17.8. The highest BCUT2D eigenvalue weighted by atomic mass is 35.5. The molecule has 1 amide bonds. The monoisotopic (exact) mass is 321 g/mol. The Morgan fingerprint density at radius 2 is 2.00 bits per heavy atom. The van der Waals surface area contributed by atoms with Gasteiger partial charge in [-0.05, 0) is 31.0 Å². The number of anilines is 1. The molecule has 1 N–H and O–H groups in total. The molecule has 118 valence electrons. The minimum Gasteiger partial charge on any atom is -0.326 e. The molecule has 0 spiro atoms. The van der Waals surface area contributed by atoms with Gasteiger partial charge in [0.05, 0.1) is 10.6 Å². The third-order valence-corrected chi connectivity index (χ3v) is 3.64. The Morgan fingerprint density at radius 3 is 2.52 bits per heavy atom. The molecule has 1 aromatic carbocycles. The number of nitrogens with one attached hydrogen (secondary N) is 1. The zero-order chi connectivity index (χ0) is 16.0. The zero-order valence-electron chi connectivity index (χ0n) is 12.1. The summed E-state index contributed by atoms with van der Waals surface area (Å²) in [5, 5.41) is 2.17. The summed E-state index contributed by atoms with van der Waals surface area (Å²) in [5.41, 5.74) is -0.824. The van der Waals surface area contributed by atoms with E-state index in [1.807, 2.05) is 13.8 Å². The second-order valence-corrected chi connectivity index (χ2v) is 5.34. The lowest BCUT2D eigenvalue weighted by Gasteiger charge is -2.16. The highest BCUT2D eigenvalue weighted by Crippen LogP contribution is 2.36. The molecule has 0 heterocycles. The van der Waals surface area contributed by atoms with Gasteiger partial charge >= 0.3 is 6.18 Å². The van der Waals surface area contributed by atoms with Gasteiger partial charge in [-0.2, -0.15) is 13.2 Å². The lowest BCUT2D eigenvalue weighted by atomic mass is 9.98. The predicted octanol–water partition coefficient (Wildman–Crippen LogP) is 5.51. The highest BCUT2D eigenvalue weighted by molar-refractivity contribution is 6.31. The number of halogens is 4. The molecule has 21 heavy (non-hydrogen) atoms. The van der Waals surface area contributed by atoms with Crippen molar-refractivity contribution in [1.82, 2.24) is 0 Å². The highest BCUT2D eigenvalue weighted by Gasteiger charge is 2.33. The molecule has 0 unspecified atom stereocenters. The summed E-state index contributed by atoms with van der Waals surface area (Å²) in [6.45, 7) is 3.92. The van der Waals surface area contributed by atoms with Crippen LogP contribution >= 0.6 is 11.6 Å². The Hall–Kier alpha value is -1.23. The summed E-state index contributed by atoms with van der Waals surface area (Å²) in [5.74, 6) is -0.434. The summed E-state index contributed by atoms with van der Waals surface area (Å²) in [6, 6.07) is 3.39. The van der Waals surface area contributed by atoms with Gasteiger partial charge in [0.1, 0.15) is 0 Å². The van der Waals surface area contributed by atoms with Gasteiger partial charge in [-0.1, -0.05) is 38.3 Å². The number of carbonyl (C=O) groups is 1. The van der Waals surface area contributed by atoms with Crippen LogP contribution in [0.5, 0.6) is 0 Å². The largest absolute Gasteiger partial charge is 0.417 e. The van der Waals surface area contributed by atoms with Crippen LogP contribution in [0.15, 0.2) is 18.2 Å². The molecule has 0 saturated carbocycles. The van der Waals surface area contributed by atoms with Crippen LogP contribution in [0.1, 0.15) is 45.1 Å². The normalized spacial score (nSPS) is 13.0. The lowest BCUT2D eigenvalue weighted by molar-refractivity contribution is -0.137. The summed E-state index contributed by atoms with van der Waals surface area (Å²) in [6.07, 6.45) is -1.25. The van der Waals surface area contributed by atoms with Crippen molar-refractivity contribution in [3.8, 4) is 0 Å². The van der Waals surface area contributed by atoms with Gasteiger partial charge in [0.25, 0.3) is 0 Å². The Morgan fingerprint density at radius 1 is 1.33 bits per heavy atom. The molecule has 0 aliphatic rings. The number of alkyl halides is 3. The van der Waals surface area contributed by atoms with Crippen molar-refractivity contribution in [2.45, 2.75) is 45.7 Å². The molecule has 1 rings (SSSR count). The molecule has 0 aromatic heterocycles. The summed E-state index contributed by atoms with van der Waals surface area (Å²) >= 11 is 5.54. The summed E-state index contributed by atoms with van der Waals surface area (Å²) in [7, 11) is 0. The SMILES string of the molecule is CCCC[C@@H](CC)C(=O)Nc1ccc(Cl)c(C(F)(F)F)c1. The maximum absolute atomic E-state index is 12.8. The number of hydrogen-bond acceptors (Lipinski definition) is 1. The average molecular weight is 322 g/mol. The van der Waals surface area contributed by atoms with Gasteiger partial charge < -0.3 is 5.32 Å². The van der Waals surface area contributed by atoms with Crippen LogP contribution in [0.25, 0.3) is 0 Å². The summed E-state index contributed by atoms with van der Waals surface area (Å²) in [4.78, 5) is 12.1. The summed E-state index contributed by atoms with van der Waals surface area (Å²) < 4.78 is 38.3. The fourth-order valence-electron chi connectivity index (χ4n) is 2.04. The van der Waals surface area contributed by atoms with Crippen LogP contribution in [0, 0.1) is 5.92 Å². The Kier molecular flexibility index (Phi) is 6.52. The van der Waals surface area contributed by atoms with Gasteiger partial charge in [-0.25, -0.2) is 0 Å². The number of hydrogen-bond donors (Lipinski definition) is 1. The molecule has 0 saturated heterocycles. The maximum Gasteiger partial charge on any atom is 0.417 e. The Labute approximate surface area is 127 Å². The second-order valence-electron chi connectivity index (χ2n) is 4.93. The predicted molar refractivity (Wildman–Crippen MR) is 78.4 cm³/mol. The van der Waals surface area contributed by atoms with Gasteiger partial charge in [0.2, 0.25) is 5.91 Å². The van der Waals surface area contributed by atoms with E-state index in [4.69, 9.17) is 11.6 Å². The molecule has 0 aliphatic heterocycles. The van der Waals surface area contributed by atoms with E-state index < -0.39 is 11.7 Å². The van der Waals surface area contributed by atoms with Crippen LogP contribution < -0.4 is 5.32 Å². The van der Waals surface area contributed by atoms with Crippen LogP contribution in [0.2, 0.25) is 5.02 Å². The molecule has 1 aromatic rings. The van der Waals surface area contributed by atoms with Crippen molar-refractivity contribution >= 4 is 23.2 Å². The minimum atomic E-state index is -4.54. The van der Waals surface area contributed by atoms with Gasteiger partial charge in [0, 0.05) is 11.6 Å². The van der Waals surface area contributed by atoms with E-state index in [0.717, 1.165) is 31.4 Å². The topological polar surface area (TPSA) is 29.1 Å². The van der Waals surface area contributed by atoms with Crippen molar-refractivity contribution in [2.75, 3.05) is 5.32 Å². The lowest BCUT2D eigenvalue weighted by Crippen LogP contribution is -2.22. The van der Waals surface area contributed by atoms with Crippen molar-refractivity contribution < 1.29 is 18.0 Å². The molecule has 1 atom stereocenters. The number of rotatable bonds is 6. The van der Waals surface area contributed by atoms with E-state index in [2.05, 4.69) is 5.32 Å². The third-order valence-electron chi connectivity index (χ3n) is 3.31. The van der Waals surface area contributed by atoms with E-state index in [0.29, 0.717) is 6.42 Å². The molecule has 2 nitrogen and oxygen atoms in total. The second kappa shape index (κ2) is 7.69. The van der Waals surface area contributed by atoms with Crippen LogP contribution in [0.4, 0.5) is 18.9 Å². The van der Waals surface area contributed by atoms with Crippen LogP contribution in [-0.2, 0) is 11.0 Å². The fraction of sp³-hybridized carbons (Fsp3) is 0.533. The number of benzene rings is 1. The van der Waals surface area contributed by atoms with Crippen molar-refractivity contribution in [2.24, 2.45) is 5.92 Å². The van der Waals surface area contributed by atoms with E-state index in [-0.39, 0.29) is 22.5 Å². The molecular weight excluding hydrogens is 303 g/mol. The number of carbonyl (C=O) groups excluding carboxylic acids is 1. The number of amides is 1. The Balaban J connectivity index is 2.85. The van der Waals surface area contributed by atoms with E-state index >= 15 is 0 Å². The average Bonchev–Trinajstić information content (AvgIpc) is 2.40. The molecule has 0 fully saturated rings.